The zero-order valence-corrected chi connectivity index (χ0v) is 19.9. The number of ether oxygens (including phenoxy) is 2. The van der Waals surface area contributed by atoms with E-state index in [1.807, 2.05) is 0 Å². The van der Waals surface area contributed by atoms with Gasteiger partial charge in [0.05, 0.1) is 6.10 Å². The number of nitrogens with zero attached hydrogens (tertiary/aromatic N) is 1. The first kappa shape index (κ1) is 25.9. The van der Waals surface area contributed by atoms with Crippen LogP contribution in [-0.4, -0.2) is 51.5 Å². The van der Waals surface area contributed by atoms with Gasteiger partial charge in [-0.25, -0.2) is 0 Å². The number of unbranched alkanes of at least 4 members (excludes halogenated alkanes) is 1. The molecule has 1 aliphatic heterocycles. The molecule has 0 aromatic heterocycles. The molecule has 6 heteroatoms. The standard InChI is InChI=1S/C20H41N3O2.HI/c1-6-8-13-24-14-10-12-22-19(21-7-2)23-16-17-11-9-15-25-18(17)20(3,4)5;/h17-18H,6-16H2,1-5H3,(H2,21,22,23);1H. The fourth-order valence-electron chi connectivity index (χ4n) is 3.27. The van der Waals surface area contributed by atoms with Crippen LogP contribution in [0.25, 0.3) is 0 Å². The van der Waals surface area contributed by atoms with E-state index in [-0.39, 0.29) is 29.4 Å². The van der Waals surface area contributed by atoms with Gasteiger partial charge in [0.15, 0.2) is 5.96 Å². The molecule has 2 unspecified atom stereocenters. The molecular weight excluding hydrogens is 441 g/mol. The molecule has 1 aliphatic rings. The van der Waals surface area contributed by atoms with Crippen LogP contribution in [0.15, 0.2) is 4.99 Å². The lowest BCUT2D eigenvalue weighted by molar-refractivity contribution is -0.0823. The van der Waals surface area contributed by atoms with E-state index in [0.29, 0.717) is 12.0 Å². The van der Waals surface area contributed by atoms with E-state index >= 15 is 0 Å². The topological polar surface area (TPSA) is 54.9 Å². The molecule has 1 heterocycles. The van der Waals surface area contributed by atoms with Gasteiger partial charge in [0, 0.05) is 45.4 Å². The van der Waals surface area contributed by atoms with E-state index in [9.17, 15) is 0 Å². The van der Waals surface area contributed by atoms with Crippen molar-refractivity contribution in [2.45, 2.75) is 72.8 Å². The molecule has 1 fully saturated rings. The van der Waals surface area contributed by atoms with Gasteiger partial charge in [0.25, 0.3) is 0 Å². The van der Waals surface area contributed by atoms with E-state index in [1.165, 1.54) is 12.8 Å². The fourth-order valence-corrected chi connectivity index (χ4v) is 3.27. The summed E-state index contributed by atoms with van der Waals surface area (Å²) in [5, 5.41) is 6.77. The van der Waals surface area contributed by atoms with E-state index < -0.39 is 0 Å². The van der Waals surface area contributed by atoms with Crippen LogP contribution in [0, 0.1) is 11.3 Å². The van der Waals surface area contributed by atoms with Crippen molar-refractivity contribution in [3.63, 3.8) is 0 Å². The molecule has 2 N–H and O–H groups in total. The Morgan fingerprint density at radius 1 is 1.15 bits per heavy atom. The summed E-state index contributed by atoms with van der Waals surface area (Å²) in [6.45, 7) is 16.3. The Balaban J connectivity index is 0.00000625. The van der Waals surface area contributed by atoms with Crippen LogP contribution >= 0.6 is 24.0 Å². The Morgan fingerprint density at radius 2 is 1.88 bits per heavy atom. The fraction of sp³-hybridized carbons (Fsp3) is 0.950. The Labute approximate surface area is 178 Å². The van der Waals surface area contributed by atoms with Gasteiger partial charge in [-0.3, -0.25) is 4.99 Å². The summed E-state index contributed by atoms with van der Waals surface area (Å²) in [4.78, 5) is 4.82. The third-order valence-corrected chi connectivity index (χ3v) is 4.53. The molecule has 1 saturated heterocycles. The quantitative estimate of drug-likeness (QED) is 0.212. The van der Waals surface area contributed by atoms with Crippen LogP contribution in [0.3, 0.4) is 0 Å². The highest BCUT2D eigenvalue weighted by Gasteiger charge is 2.35. The van der Waals surface area contributed by atoms with Crippen LogP contribution in [-0.2, 0) is 9.47 Å². The molecule has 0 amide bonds. The molecule has 0 spiro atoms. The second-order valence-electron chi connectivity index (χ2n) is 8.03. The minimum absolute atomic E-state index is 0. The zero-order valence-electron chi connectivity index (χ0n) is 17.6. The smallest absolute Gasteiger partial charge is 0.191 e. The highest BCUT2D eigenvalue weighted by molar-refractivity contribution is 14.0. The van der Waals surface area contributed by atoms with Gasteiger partial charge in [-0.2, -0.15) is 0 Å². The zero-order chi connectivity index (χ0) is 18.5. The monoisotopic (exact) mass is 483 g/mol. The molecule has 26 heavy (non-hydrogen) atoms. The molecule has 0 aromatic carbocycles. The van der Waals surface area contributed by atoms with Crippen molar-refractivity contribution in [3.8, 4) is 0 Å². The number of halogens is 1. The van der Waals surface area contributed by atoms with Gasteiger partial charge < -0.3 is 20.1 Å². The number of guanidine groups is 1. The normalized spacial score (nSPS) is 21.2. The number of hydrogen-bond acceptors (Lipinski definition) is 3. The summed E-state index contributed by atoms with van der Waals surface area (Å²) in [6, 6.07) is 0. The lowest BCUT2D eigenvalue weighted by Crippen LogP contribution is -2.43. The van der Waals surface area contributed by atoms with Crippen molar-refractivity contribution >= 4 is 29.9 Å². The average molecular weight is 483 g/mol. The number of nitrogens with one attached hydrogen (secondary N) is 2. The lowest BCUT2D eigenvalue weighted by atomic mass is 9.78. The highest BCUT2D eigenvalue weighted by Crippen LogP contribution is 2.34. The molecular formula is C20H42IN3O2. The predicted molar refractivity (Wildman–Crippen MR) is 122 cm³/mol. The van der Waals surface area contributed by atoms with Crippen LogP contribution in [0.1, 0.15) is 66.7 Å². The highest BCUT2D eigenvalue weighted by atomic mass is 127. The summed E-state index contributed by atoms with van der Waals surface area (Å²) in [6.07, 6.45) is 5.99. The Hall–Kier alpha value is -0.0800. The largest absolute Gasteiger partial charge is 0.381 e. The molecule has 0 aromatic rings. The van der Waals surface area contributed by atoms with E-state index in [0.717, 1.165) is 64.7 Å². The van der Waals surface area contributed by atoms with Gasteiger partial charge >= 0.3 is 0 Å². The van der Waals surface area contributed by atoms with Crippen LogP contribution in [0.2, 0.25) is 0 Å². The Morgan fingerprint density at radius 3 is 2.54 bits per heavy atom. The second kappa shape index (κ2) is 14.9. The molecule has 0 bridgehead atoms. The van der Waals surface area contributed by atoms with Gasteiger partial charge in [-0.05, 0) is 38.0 Å². The summed E-state index contributed by atoms with van der Waals surface area (Å²) in [5.41, 5.74) is 0.169. The summed E-state index contributed by atoms with van der Waals surface area (Å²) < 4.78 is 11.7. The van der Waals surface area contributed by atoms with Crippen LogP contribution in [0.5, 0.6) is 0 Å². The number of aliphatic imine (C=N–C) groups is 1. The van der Waals surface area contributed by atoms with Gasteiger partial charge in [-0.15, -0.1) is 24.0 Å². The molecule has 0 radical (unpaired) electrons. The molecule has 0 aliphatic carbocycles. The molecule has 0 saturated carbocycles. The van der Waals surface area contributed by atoms with Crippen LogP contribution in [0.4, 0.5) is 0 Å². The summed E-state index contributed by atoms with van der Waals surface area (Å²) in [7, 11) is 0. The molecule has 2 atom stereocenters. The average Bonchev–Trinajstić information content (AvgIpc) is 2.58. The maximum atomic E-state index is 6.07. The van der Waals surface area contributed by atoms with Crippen molar-refractivity contribution in [1.82, 2.24) is 10.6 Å². The van der Waals surface area contributed by atoms with Crippen molar-refractivity contribution in [3.05, 3.63) is 0 Å². The van der Waals surface area contributed by atoms with Gasteiger partial charge in [0.1, 0.15) is 0 Å². The molecule has 5 nitrogen and oxygen atoms in total. The minimum atomic E-state index is 0. The first-order chi connectivity index (χ1) is 12.0. The summed E-state index contributed by atoms with van der Waals surface area (Å²) >= 11 is 0. The Bertz CT molecular complexity index is 373. The van der Waals surface area contributed by atoms with Gasteiger partial charge in [-0.1, -0.05) is 34.1 Å². The molecule has 156 valence electrons. The van der Waals surface area contributed by atoms with Crippen molar-refractivity contribution in [1.29, 1.82) is 0 Å². The Kier molecular flexibility index (Phi) is 14.9. The predicted octanol–water partition coefficient (Wildman–Crippen LogP) is 4.21. The van der Waals surface area contributed by atoms with Crippen LogP contribution < -0.4 is 10.6 Å². The van der Waals surface area contributed by atoms with Crippen molar-refractivity contribution in [2.75, 3.05) is 39.5 Å². The minimum Gasteiger partial charge on any atom is -0.381 e. The maximum Gasteiger partial charge on any atom is 0.191 e. The van der Waals surface area contributed by atoms with Gasteiger partial charge in [0.2, 0.25) is 0 Å². The van der Waals surface area contributed by atoms with Crippen molar-refractivity contribution < 1.29 is 9.47 Å². The third kappa shape index (κ3) is 10.9. The second-order valence-corrected chi connectivity index (χ2v) is 8.03. The van der Waals surface area contributed by atoms with E-state index in [4.69, 9.17) is 14.5 Å². The third-order valence-electron chi connectivity index (χ3n) is 4.53. The van der Waals surface area contributed by atoms with E-state index in [2.05, 4.69) is 45.3 Å². The number of rotatable bonds is 10. The number of hydrogen-bond donors (Lipinski definition) is 2. The first-order valence-corrected chi connectivity index (χ1v) is 10.2. The summed E-state index contributed by atoms with van der Waals surface area (Å²) in [5.74, 6) is 1.41. The van der Waals surface area contributed by atoms with Crippen molar-refractivity contribution in [2.24, 2.45) is 16.3 Å². The lowest BCUT2D eigenvalue weighted by Gasteiger charge is -2.39. The molecule has 1 rings (SSSR count). The van der Waals surface area contributed by atoms with E-state index in [1.54, 1.807) is 0 Å². The maximum absolute atomic E-state index is 6.07. The SMILES string of the molecule is CCCCOCCCNC(=NCC1CCCOC1C(C)(C)C)NCC.I. The first-order valence-electron chi connectivity index (χ1n) is 10.2.